The Hall–Kier alpha value is -0.120. The van der Waals surface area contributed by atoms with Crippen LogP contribution in [0.5, 0.6) is 0 Å². The highest BCUT2D eigenvalue weighted by Gasteiger charge is 2.26. The summed E-state index contributed by atoms with van der Waals surface area (Å²) in [5, 5.41) is 0. The predicted molar refractivity (Wildman–Crippen MR) is 66.8 cm³/mol. The molecule has 0 aromatic rings. The number of hydrogen-bond acceptors (Lipinski definition) is 3. The maximum Gasteiger partial charge on any atom is 0.0753 e. The molecule has 1 saturated heterocycles. The molecule has 3 nitrogen and oxygen atoms in total. The Kier molecular flexibility index (Phi) is 5.73. The molecule has 0 aromatic carbocycles. The van der Waals surface area contributed by atoms with Crippen molar-refractivity contribution in [1.82, 2.24) is 4.90 Å². The van der Waals surface area contributed by atoms with Crippen LogP contribution >= 0.6 is 0 Å². The van der Waals surface area contributed by atoms with Crippen molar-refractivity contribution in [3.8, 4) is 0 Å². The summed E-state index contributed by atoms with van der Waals surface area (Å²) in [6.45, 7) is 13.6. The van der Waals surface area contributed by atoms with Gasteiger partial charge in [-0.3, -0.25) is 4.90 Å². The molecule has 3 heteroatoms. The van der Waals surface area contributed by atoms with E-state index < -0.39 is 0 Å². The van der Waals surface area contributed by atoms with Crippen molar-refractivity contribution in [3.63, 3.8) is 0 Å². The molecule has 16 heavy (non-hydrogen) atoms. The summed E-state index contributed by atoms with van der Waals surface area (Å²) >= 11 is 0. The minimum atomic E-state index is 0.0236. The lowest BCUT2D eigenvalue weighted by Gasteiger charge is -2.38. The molecule has 0 amide bonds. The molecule has 1 atom stereocenters. The van der Waals surface area contributed by atoms with E-state index in [0.29, 0.717) is 6.10 Å². The SMILES string of the molecule is CCC(C)OCCCN1CCOC(C)(C)C1. The van der Waals surface area contributed by atoms with Crippen molar-refractivity contribution in [2.24, 2.45) is 0 Å². The maximum atomic E-state index is 5.68. The normalized spacial score (nSPS) is 23.2. The number of ether oxygens (including phenoxy) is 2. The lowest BCUT2D eigenvalue weighted by atomic mass is 10.1. The van der Waals surface area contributed by atoms with Gasteiger partial charge in [0.15, 0.2) is 0 Å². The molecule has 0 spiro atoms. The van der Waals surface area contributed by atoms with Gasteiger partial charge in [0, 0.05) is 26.2 Å². The van der Waals surface area contributed by atoms with Gasteiger partial charge in [-0.25, -0.2) is 0 Å². The second-order valence-electron chi connectivity index (χ2n) is 5.33. The number of hydrogen-bond donors (Lipinski definition) is 0. The smallest absolute Gasteiger partial charge is 0.0753 e. The summed E-state index contributed by atoms with van der Waals surface area (Å²) in [5.41, 5.74) is 0.0236. The Balaban J connectivity index is 2.09. The topological polar surface area (TPSA) is 21.7 Å². The van der Waals surface area contributed by atoms with Gasteiger partial charge in [0.1, 0.15) is 0 Å². The van der Waals surface area contributed by atoms with E-state index in [1.54, 1.807) is 0 Å². The Morgan fingerprint density at radius 2 is 2.19 bits per heavy atom. The third-order valence-electron chi connectivity index (χ3n) is 3.10. The zero-order chi connectivity index (χ0) is 12.0. The van der Waals surface area contributed by atoms with Crippen LogP contribution in [0, 0.1) is 0 Å². The minimum absolute atomic E-state index is 0.0236. The fraction of sp³-hybridized carbons (Fsp3) is 1.00. The van der Waals surface area contributed by atoms with Crippen LogP contribution in [-0.4, -0.2) is 49.5 Å². The van der Waals surface area contributed by atoms with Gasteiger partial charge in [0.25, 0.3) is 0 Å². The quantitative estimate of drug-likeness (QED) is 0.652. The monoisotopic (exact) mass is 229 g/mol. The van der Waals surface area contributed by atoms with Crippen molar-refractivity contribution >= 4 is 0 Å². The Morgan fingerprint density at radius 3 is 2.81 bits per heavy atom. The highest BCUT2D eigenvalue weighted by Crippen LogP contribution is 2.16. The van der Waals surface area contributed by atoms with Gasteiger partial charge in [-0.2, -0.15) is 0 Å². The average molecular weight is 229 g/mol. The van der Waals surface area contributed by atoms with E-state index in [1.165, 1.54) is 0 Å². The summed E-state index contributed by atoms with van der Waals surface area (Å²) in [6.07, 6.45) is 2.63. The van der Waals surface area contributed by atoms with Crippen LogP contribution in [0.25, 0.3) is 0 Å². The Bertz CT molecular complexity index is 194. The third-order valence-corrected chi connectivity index (χ3v) is 3.10. The number of morpholine rings is 1. The van der Waals surface area contributed by atoms with Crippen LogP contribution in [0.3, 0.4) is 0 Å². The van der Waals surface area contributed by atoms with Crippen LogP contribution in [-0.2, 0) is 9.47 Å². The van der Waals surface area contributed by atoms with Crippen LogP contribution in [0.4, 0.5) is 0 Å². The summed E-state index contributed by atoms with van der Waals surface area (Å²) < 4.78 is 11.4. The zero-order valence-corrected chi connectivity index (χ0v) is 11.3. The van der Waals surface area contributed by atoms with E-state index in [9.17, 15) is 0 Å². The molecular weight excluding hydrogens is 202 g/mol. The van der Waals surface area contributed by atoms with E-state index in [1.807, 2.05) is 0 Å². The van der Waals surface area contributed by atoms with E-state index in [0.717, 1.165) is 45.7 Å². The van der Waals surface area contributed by atoms with Crippen molar-refractivity contribution in [2.75, 3.05) is 32.8 Å². The molecule has 0 aliphatic carbocycles. The van der Waals surface area contributed by atoms with Gasteiger partial charge in [-0.05, 0) is 33.6 Å². The minimum Gasteiger partial charge on any atom is -0.378 e. The van der Waals surface area contributed by atoms with Crippen molar-refractivity contribution in [1.29, 1.82) is 0 Å². The maximum absolute atomic E-state index is 5.68. The molecule has 1 heterocycles. The van der Waals surface area contributed by atoms with E-state index >= 15 is 0 Å². The molecule has 1 aliphatic heterocycles. The molecule has 0 N–H and O–H groups in total. The van der Waals surface area contributed by atoms with Gasteiger partial charge in [0.2, 0.25) is 0 Å². The highest BCUT2D eigenvalue weighted by molar-refractivity contribution is 4.78. The fourth-order valence-electron chi connectivity index (χ4n) is 2.00. The molecule has 1 aliphatic rings. The Labute approximate surface area is 100 Å². The lowest BCUT2D eigenvalue weighted by molar-refractivity contribution is -0.0875. The van der Waals surface area contributed by atoms with Crippen LogP contribution in [0.1, 0.15) is 40.5 Å². The van der Waals surface area contributed by atoms with Gasteiger partial charge in [-0.1, -0.05) is 6.92 Å². The van der Waals surface area contributed by atoms with Crippen LogP contribution in [0.15, 0.2) is 0 Å². The predicted octanol–water partition coefficient (Wildman–Crippen LogP) is 2.30. The molecule has 0 aromatic heterocycles. The lowest BCUT2D eigenvalue weighted by Crippen LogP contribution is -2.48. The van der Waals surface area contributed by atoms with Crippen LogP contribution in [0.2, 0.25) is 0 Å². The second-order valence-corrected chi connectivity index (χ2v) is 5.33. The summed E-state index contributed by atoms with van der Waals surface area (Å²) in [6, 6.07) is 0. The van der Waals surface area contributed by atoms with E-state index in [2.05, 4.69) is 32.6 Å². The van der Waals surface area contributed by atoms with Gasteiger partial charge >= 0.3 is 0 Å². The van der Waals surface area contributed by atoms with Gasteiger partial charge < -0.3 is 9.47 Å². The summed E-state index contributed by atoms with van der Waals surface area (Å²) in [4.78, 5) is 2.48. The first-order valence-corrected chi connectivity index (χ1v) is 6.51. The standard InChI is InChI=1S/C13H27NO2/c1-5-12(2)15-9-6-7-14-8-10-16-13(3,4)11-14/h12H,5-11H2,1-4H3. The molecule has 0 saturated carbocycles. The summed E-state index contributed by atoms with van der Waals surface area (Å²) in [7, 11) is 0. The fourth-order valence-corrected chi connectivity index (χ4v) is 2.00. The number of nitrogens with zero attached hydrogens (tertiary/aromatic N) is 1. The largest absolute Gasteiger partial charge is 0.378 e. The third kappa shape index (κ3) is 5.28. The van der Waals surface area contributed by atoms with Crippen molar-refractivity contribution in [3.05, 3.63) is 0 Å². The Morgan fingerprint density at radius 1 is 1.44 bits per heavy atom. The molecule has 96 valence electrons. The van der Waals surface area contributed by atoms with E-state index in [-0.39, 0.29) is 5.60 Å². The molecular formula is C13H27NO2. The van der Waals surface area contributed by atoms with Gasteiger partial charge in [-0.15, -0.1) is 0 Å². The molecule has 1 rings (SSSR count). The molecule has 0 radical (unpaired) electrons. The molecule has 1 unspecified atom stereocenters. The van der Waals surface area contributed by atoms with Gasteiger partial charge in [0.05, 0.1) is 18.3 Å². The zero-order valence-electron chi connectivity index (χ0n) is 11.3. The first kappa shape index (κ1) is 13.9. The first-order chi connectivity index (χ1) is 7.53. The van der Waals surface area contributed by atoms with Crippen molar-refractivity contribution in [2.45, 2.75) is 52.2 Å². The molecule has 1 fully saturated rings. The number of rotatable bonds is 6. The molecule has 0 bridgehead atoms. The average Bonchev–Trinajstić information content (AvgIpc) is 2.22. The van der Waals surface area contributed by atoms with Crippen molar-refractivity contribution < 1.29 is 9.47 Å². The highest BCUT2D eigenvalue weighted by atomic mass is 16.5. The second kappa shape index (κ2) is 6.58. The first-order valence-electron chi connectivity index (χ1n) is 6.51. The summed E-state index contributed by atoms with van der Waals surface area (Å²) in [5.74, 6) is 0. The van der Waals surface area contributed by atoms with E-state index in [4.69, 9.17) is 9.47 Å². The van der Waals surface area contributed by atoms with Crippen LogP contribution < -0.4 is 0 Å².